The standard InChI is InChI=1S/C12H18N2O4/c1-3-9(6-7-15)13-10-4-5-11(14(16)17)12(8-10)18-2/h4-5,8-9,13,15H,3,6-7H2,1-2H3. The first-order valence-electron chi connectivity index (χ1n) is 5.82. The number of rotatable bonds is 7. The Balaban J connectivity index is 2.88. The summed E-state index contributed by atoms with van der Waals surface area (Å²) < 4.78 is 4.99. The summed E-state index contributed by atoms with van der Waals surface area (Å²) in [6.07, 6.45) is 1.50. The van der Waals surface area contributed by atoms with Crippen LogP contribution in [0.25, 0.3) is 0 Å². The highest BCUT2D eigenvalue weighted by Crippen LogP contribution is 2.30. The van der Waals surface area contributed by atoms with Gasteiger partial charge >= 0.3 is 5.69 Å². The minimum Gasteiger partial charge on any atom is -0.490 e. The molecule has 1 aromatic carbocycles. The highest BCUT2D eigenvalue weighted by Gasteiger charge is 2.15. The zero-order chi connectivity index (χ0) is 13.5. The van der Waals surface area contributed by atoms with Gasteiger partial charge in [0.2, 0.25) is 0 Å². The van der Waals surface area contributed by atoms with Gasteiger partial charge in [-0.1, -0.05) is 6.92 Å². The molecule has 0 saturated carbocycles. The number of anilines is 1. The van der Waals surface area contributed by atoms with Crippen LogP contribution in [0.4, 0.5) is 11.4 Å². The first-order valence-corrected chi connectivity index (χ1v) is 5.82. The van der Waals surface area contributed by atoms with E-state index in [1.807, 2.05) is 6.92 Å². The Morgan fingerprint density at radius 1 is 1.56 bits per heavy atom. The van der Waals surface area contributed by atoms with Crippen molar-refractivity contribution >= 4 is 11.4 Å². The number of aliphatic hydroxyl groups is 1. The van der Waals surface area contributed by atoms with Crippen LogP contribution in [0.3, 0.4) is 0 Å². The van der Waals surface area contributed by atoms with Crippen molar-refractivity contribution in [2.75, 3.05) is 19.0 Å². The molecule has 0 aliphatic heterocycles. The van der Waals surface area contributed by atoms with Crippen molar-refractivity contribution in [3.05, 3.63) is 28.3 Å². The molecule has 0 aromatic heterocycles. The van der Waals surface area contributed by atoms with Crippen LogP contribution in [-0.2, 0) is 0 Å². The Labute approximate surface area is 106 Å². The number of aliphatic hydroxyl groups excluding tert-OH is 1. The maximum atomic E-state index is 10.7. The molecule has 1 unspecified atom stereocenters. The molecule has 0 radical (unpaired) electrons. The summed E-state index contributed by atoms with van der Waals surface area (Å²) in [6.45, 7) is 2.12. The number of nitro benzene ring substituents is 1. The quantitative estimate of drug-likeness (QED) is 0.575. The molecule has 0 amide bonds. The summed E-state index contributed by atoms with van der Waals surface area (Å²) in [5, 5.41) is 22.9. The van der Waals surface area contributed by atoms with Crippen molar-refractivity contribution in [3.63, 3.8) is 0 Å². The molecule has 0 bridgehead atoms. The molecule has 1 rings (SSSR count). The van der Waals surface area contributed by atoms with Gasteiger partial charge in [0.15, 0.2) is 5.75 Å². The zero-order valence-corrected chi connectivity index (χ0v) is 10.5. The number of methoxy groups -OCH3 is 1. The van der Waals surface area contributed by atoms with Crippen molar-refractivity contribution in [3.8, 4) is 5.75 Å². The lowest BCUT2D eigenvalue weighted by molar-refractivity contribution is -0.385. The summed E-state index contributed by atoms with van der Waals surface area (Å²) in [7, 11) is 1.40. The van der Waals surface area contributed by atoms with E-state index in [1.54, 1.807) is 12.1 Å². The molecular formula is C12H18N2O4. The van der Waals surface area contributed by atoms with E-state index in [-0.39, 0.29) is 24.1 Å². The first kappa shape index (κ1) is 14.2. The predicted octanol–water partition coefficient (Wildman–Crippen LogP) is 2.18. The first-order chi connectivity index (χ1) is 8.62. The molecule has 0 saturated heterocycles. The summed E-state index contributed by atoms with van der Waals surface area (Å²) in [6, 6.07) is 4.78. The fourth-order valence-corrected chi connectivity index (χ4v) is 1.69. The van der Waals surface area contributed by atoms with Crippen molar-refractivity contribution in [1.29, 1.82) is 0 Å². The van der Waals surface area contributed by atoms with E-state index in [2.05, 4.69) is 5.32 Å². The molecular weight excluding hydrogens is 236 g/mol. The number of benzene rings is 1. The lowest BCUT2D eigenvalue weighted by Gasteiger charge is -2.17. The number of hydrogen-bond acceptors (Lipinski definition) is 5. The minimum absolute atomic E-state index is 0.0572. The van der Waals surface area contributed by atoms with Gasteiger partial charge in [-0.3, -0.25) is 10.1 Å². The second-order valence-corrected chi connectivity index (χ2v) is 3.91. The molecule has 2 N–H and O–H groups in total. The van der Waals surface area contributed by atoms with Gasteiger partial charge in [-0.05, 0) is 18.9 Å². The molecule has 100 valence electrons. The number of hydrogen-bond donors (Lipinski definition) is 2. The molecule has 1 aromatic rings. The van der Waals surface area contributed by atoms with Crippen LogP contribution in [0.2, 0.25) is 0 Å². The van der Waals surface area contributed by atoms with E-state index in [4.69, 9.17) is 9.84 Å². The van der Waals surface area contributed by atoms with Gasteiger partial charge in [0, 0.05) is 30.5 Å². The highest BCUT2D eigenvalue weighted by atomic mass is 16.6. The van der Waals surface area contributed by atoms with Crippen LogP contribution < -0.4 is 10.1 Å². The third-order valence-electron chi connectivity index (χ3n) is 2.72. The normalized spacial score (nSPS) is 11.9. The molecule has 0 aliphatic rings. The van der Waals surface area contributed by atoms with E-state index in [0.717, 1.165) is 12.1 Å². The van der Waals surface area contributed by atoms with Crippen molar-refractivity contribution in [2.24, 2.45) is 0 Å². The molecule has 0 aliphatic carbocycles. The summed E-state index contributed by atoms with van der Waals surface area (Å²) in [5.41, 5.74) is 0.691. The average molecular weight is 254 g/mol. The van der Waals surface area contributed by atoms with Crippen molar-refractivity contribution in [1.82, 2.24) is 0 Å². The molecule has 0 heterocycles. The van der Waals surface area contributed by atoms with Crippen LogP contribution >= 0.6 is 0 Å². The Bertz CT molecular complexity index is 409. The Kier molecular flexibility index (Phi) is 5.38. The second kappa shape index (κ2) is 6.80. The number of nitrogens with zero attached hydrogens (tertiary/aromatic N) is 1. The number of nitrogens with one attached hydrogen (secondary N) is 1. The van der Waals surface area contributed by atoms with Crippen LogP contribution in [0, 0.1) is 10.1 Å². The van der Waals surface area contributed by atoms with Gasteiger partial charge < -0.3 is 15.2 Å². The molecule has 0 fully saturated rings. The number of nitro groups is 1. The summed E-state index contributed by atoms with van der Waals surface area (Å²) >= 11 is 0. The topological polar surface area (TPSA) is 84.6 Å². The van der Waals surface area contributed by atoms with Crippen LogP contribution in [0.1, 0.15) is 19.8 Å². The Hall–Kier alpha value is -1.82. The summed E-state index contributed by atoms with van der Waals surface area (Å²) in [5.74, 6) is 0.226. The molecule has 0 spiro atoms. The molecule has 1 atom stereocenters. The fourth-order valence-electron chi connectivity index (χ4n) is 1.69. The SMILES string of the molecule is CCC(CCO)Nc1ccc([N+](=O)[O-])c(OC)c1. The lowest BCUT2D eigenvalue weighted by atomic mass is 10.1. The van der Waals surface area contributed by atoms with Crippen LogP contribution in [0.15, 0.2) is 18.2 Å². The van der Waals surface area contributed by atoms with Gasteiger partial charge in [0.1, 0.15) is 0 Å². The smallest absolute Gasteiger partial charge is 0.311 e. The lowest BCUT2D eigenvalue weighted by Crippen LogP contribution is -2.19. The van der Waals surface area contributed by atoms with E-state index in [1.165, 1.54) is 13.2 Å². The van der Waals surface area contributed by atoms with Gasteiger partial charge in [-0.25, -0.2) is 0 Å². The number of ether oxygens (including phenoxy) is 1. The van der Waals surface area contributed by atoms with E-state index < -0.39 is 4.92 Å². The predicted molar refractivity (Wildman–Crippen MR) is 69.1 cm³/mol. The monoisotopic (exact) mass is 254 g/mol. The molecule has 18 heavy (non-hydrogen) atoms. The molecule has 6 nitrogen and oxygen atoms in total. The van der Waals surface area contributed by atoms with E-state index in [0.29, 0.717) is 6.42 Å². The van der Waals surface area contributed by atoms with Gasteiger partial charge in [0.05, 0.1) is 12.0 Å². The van der Waals surface area contributed by atoms with Gasteiger partial charge in [-0.15, -0.1) is 0 Å². The zero-order valence-electron chi connectivity index (χ0n) is 10.5. The Morgan fingerprint density at radius 3 is 2.78 bits per heavy atom. The Morgan fingerprint density at radius 2 is 2.28 bits per heavy atom. The second-order valence-electron chi connectivity index (χ2n) is 3.91. The minimum atomic E-state index is -0.479. The summed E-state index contributed by atoms with van der Waals surface area (Å²) in [4.78, 5) is 10.3. The maximum absolute atomic E-state index is 10.7. The van der Waals surface area contributed by atoms with Crippen molar-refractivity contribution < 1.29 is 14.8 Å². The van der Waals surface area contributed by atoms with Crippen molar-refractivity contribution in [2.45, 2.75) is 25.8 Å². The van der Waals surface area contributed by atoms with E-state index in [9.17, 15) is 10.1 Å². The van der Waals surface area contributed by atoms with Crippen LogP contribution in [0.5, 0.6) is 5.75 Å². The van der Waals surface area contributed by atoms with Gasteiger partial charge in [0.25, 0.3) is 0 Å². The largest absolute Gasteiger partial charge is 0.490 e. The van der Waals surface area contributed by atoms with Gasteiger partial charge in [-0.2, -0.15) is 0 Å². The fraction of sp³-hybridized carbons (Fsp3) is 0.500. The maximum Gasteiger partial charge on any atom is 0.311 e. The highest BCUT2D eigenvalue weighted by molar-refractivity contribution is 5.58. The third-order valence-corrected chi connectivity index (χ3v) is 2.72. The third kappa shape index (κ3) is 3.59. The van der Waals surface area contributed by atoms with Crippen LogP contribution in [-0.4, -0.2) is 29.8 Å². The molecule has 6 heteroatoms. The van der Waals surface area contributed by atoms with E-state index >= 15 is 0 Å². The average Bonchev–Trinajstić information content (AvgIpc) is 2.37.